The maximum absolute atomic E-state index is 11.7. The highest BCUT2D eigenvalue weighted by Gasteiger charge is 2.17. The minimum absolute atomic E-state index is 0.364. The van der Waals surface area contributed by atoms with Crippen LogP contribution < -0.4 is 0 Å². The second-order valence-electron chi connectivity index (χ2n) is 4.80. The van der Waals surface area contributed by atoms with Gasteiger partial charge in [-0.2, -0.15) is 0 Å². The number of hydrogen-bond donors (Lipinski definition) is 1. The van der Waals surface area contributed by atoms with E-state index in [9.17, 15) is 9.90 Å². The SMILES string of the molecule is C=CC(O)c1ccc(C(=O)OC(C)(C)C)cc1. The summed E-state index contributed by atoms with van der Waals surface area (Å²) in [5.74, 6) is -0.364. The van der Waals surface area contributed by atoms with E-state index < -0.39 is 11.7 Å². The highest BCUT2D eigenvalue weighted by atomic mass is 16.6. The number of aliphatic hydroxyl groups excluding tert-OH is 1. The molecule has 0 heterocycles. The summed E-state index contributed by atoms with van der Waals surface area (Å²) in [6.07, 6.45) is 0.727. The first-order chi connectivity index (χ1) is 7.83. The van der Waals surface area contributed by atoms with Gasteiger partial charge in [-0.1, -0.05) is 18.2 Å². The fourth-order valence-corrected chi connectivity index (χ4v) is 1.29. The molecular formula is C14H18O3. The van der Waals surface area contributed by atoms with E-state index in [0.29, 0.717) is 11.1 Å². The second-order valence-corrected chi connectivity index (χ2v) is 4.80. The van der Waals surface area contributed by atoms with Crippen LogP contribution in [0.3, 0.4) is 0 Å². The topological polar surface area (TPSA) is 46.5 Å². The van der Waals surface area contributed by atoms with Crippen molar-refractivity contribution in [2.45, 2.75) is 32.5 Å². The molecule has 92 valence electrons. The summed E-state index contributed by atoms with van der Waals surface area (Å²) < 4.78 is 5.23. The monoisotopic (exact) mass is 234 g/mol. The number of carbonyl (C=O) groups is 1. The van der Waals surface area contributed by atoms with Crippen molar-refractivity contribution in [3.05, 3.63) is 48.0 Å². The Morgan fingerprint density at radius 3 is 2.29 bits per heavy atom. The molecule has 0 saturated carbocycles. The van der Waals surface area contributed by atoms with Gasteiger partial charge in [0.1, 0.15) is 5.60 Å². The fraction of sp³-hybridized carbons (Fsp3) is 0.357. The standard InChI is InChI=1S/C14H18O3/c1-5-12(15)10-6-8-11(9-7-10)13(16)17-14(2,3)4/h5-9,12,15H,1H2,2-4H3. The van der Waals surface area contributed by atoms with Gasteiger partial charge >= 0.3 is 5.97 Å². The quantitative estimate of drug-likeness (QED) is 0.646. The van der Waals surface area contributed by atoms with Crippen LogP contribution in [-0.4, -0.2) is 16.7 Å². The summed E-state index contributed by atoms with van der Waals surface area (Å²) >= 11 is 0. The van der Waals surface area contributed by atoms with Gasteiger partial charge in [0.05, 0.1) is 11.7 Å². The fourth-order valence-electron chi connectivity index (χ4n) is 1.29. The van der Waals surface area contributed by atoms with Crippen molar-refractivity contribution in [1.82, 2.24) is 0 Å². The van der Waals surface area contributed by atoms with Gasteiger partial charge in [-0.25, -0.2) is 4.79 Å². The smallest absolute Gasteiger partial charge is 0.338 e. The maximum atomic E-state index is 11.7. The van der Waals surface area contributed by atoms with E-state index in [1.165, 1.54) is 6.08 Å². The summed E-state index contributed by atoms with van der Waals surface area (Å²) in [6, 6.07) is 6.64. The normalized spacial score (nSPS) is 12.9. The van der Waals surface area contributed by atoms with Crippen LogP contribution in [0.4, 0.5) is 0 Å². The Morgan fingerprint density at radius 2 is 1.88 bits per heavy atom. The van der Waals surface area contributed by atoms with E-state index in [2.05, 4.69) is 6.58 Å². The van der Waals surface area contributed by atoms with E-state index in [1.54, 1.807) is 24.3 Å². The minimum atomic E-state index is -0.706. The molecule has 0 radical (unpaired) electrons. The Bertz CT molecular complexity index is 398. The minimum Gasteiger partial charge on any atom is -0.456 e. The molecule has 0 saturated heterocycles. The number of carbonyl (C=O) groups excluding carboxylic acids is 1. The lowest BCUT2D eigenvalue weighted by Crippen LogP contribution is -2.23. The van der Waals surface area contributed by atoms with E-state index in [1.807, 2.05) is 20.8 Å². The molecule has 1 atom stereocenters. The molecule has 0 bridgehead atoms. The molecule has 0 aromatic heterocycles. The van der Waals surface area contributed by atoms with Crippen molar-refractivity contribution in [1.29, 1.82) is 0 Å². The molecule has 0 amide bonds. The van der Waals surface area contributed by atoms with E-state index >= 15 is 0 Å². The number of rotatable bonds is 3. The van der Waals surface area contributed by atoms with Crippen LogP contribution in [0.25, 0.3) is 0 Å². The summed E-state index contributed by atoms with van der Waals surface area (Å²) in [4.78, 5) is 11.7. The third-order valence-electron chi connectivity index (χ3n) is 2.11. The average molecular weight is 234 g/mol. The molecular weight excluding hydrogens is 216 g/mol. The highest BCUT2D eigenvalue weighted by Crippen LogP contribution is 2.16. The summed E-state index contributed by atoms with van der Waals surface area (Å²) in [5, 5.41) is 9.51. The Kier molecular flexibility index (Phi) is 4.07. The van der Waals surface area contributed by atoms with E-state index in [0.717, 1.165) is 0 Å². The van der Waals surface area contributed by atoms with Gasteiger partial charge in [0.2, 0.25) is 0 Å². The van der Waals surface area contributed by atoms with Crippen molar-refractivity contribution in [2.75, 3.05) is 0 Å². The molecule has 1 N–H and O–H groups in total. The van der Waals surface area contributed by atoms with Crippen LogP contribution in [0.5, 0.6) is 0 Å². The van der Waals surface area contributed by atoms with Crippen LogP contribution in [0.1, 0.15) is 42.8 Å². The number of esters is 1. The maximum Gasteiger partial charge on any atom is 0.338 e. The van der Waals surface area contributed by atoms with Crippen LogP contribution in [0, 0.1) is 0 Å². The van der Waals surface area contributed by atoms with Gasteiger partial charge in [-0.3, -0.25) is 0 Å². The zero-order chi connectivity index (χ0) is 13.1. The zero-order valence-electron chi connectivity index (χ0n) is 10.4. The van der Waals surface area contributed by atoms with Crippen molar-refractivity contribution in [3.63, 3.8) is 0 Å². The molecule has 0 aliphatic carbocycles. The Balaban J connectivity index is 2.81. The first-order valence-corrected chi connectivity index (χ1v) is 5.47. The molecule has 0 aliphatic heterocycles. The van der Waals surface area contributed by atoms with Crippen molar-refractivity contribution >= 4 is 5.97 Å². The van der Waals surface area contributed by atoms with Crippen molar-refractivity contribution in [3.8, 4) is 0 Å². The van der Waals surface area contributed by atoms with Crippen LogP contribution in [0.15, 0.2) is 36.9 Å². The van der Waals surface area contributed by atoms with Crippen LogP contribution in [-0.2, 0) is 4.74 Å². The molecule has 0 spiro atoms. The second kappa shape index (κ2) is 5.15. The van der Waals surface area contributed by atoms with Crippen molar-refractivity contribution < 1.29 is 14.6 Å². The molecule has 1 rings (SSSR count). The molecule has 0 aliphatic rings. The molecule has 3 nitrogen and oxygen atoms in total. The summed E-state index contributed by atoms with van der Waals surface area (Å²) in [7, 11) is 0. The van der Waals surface area contributed by atoms with Crippen LogP contribution >= 0.6 is 0 Å². The average Bonchev–Trinajstić information content (AvgIpc) is 2.26. The Hall–Kier alpha value is -1.61. The van der Waals surface area contributed by atoms with Gasteiger partial charge in [0, 0.05) is 0 Å². The predicted molar refractivity (Wildman–Crippen MR) is 66.8 cm³/mol. The van der Waals surface area contributed by atoms with E-state index in [4.69, 9.17) is 4.74 Å². The lowest BCUT2D eigenvalue weighted by molar-refractivity contribution is 0.00694. The van der Waals surface area contributed by atoms with Gasteiger partial charge in [-0.05, 0) is 38.5 Å². The first-order valence-electron chi connectivity index (χ1n) is 5.47. The zero-order valence-corrected chi connectivity index (χ0v) is 10.4. The van der Waals surface area contributed by atoms with E-state index in [-0.39, 0.29) is 5.97 Å². The molecule has 3 heteroatoms. The summed E-state index contributed by atoms with van der Waals surface area (Å²) in [5.41, 5.74) is 0.670. The third-order valence-corrected chi connectivity index (χ3v) is 2.11. The first kappa shape index (κ1) is 13.5. The van der Waals surface area contributed by atoms with Gasteiger partial charge in [0.25, 0.3) is 0 Å². The Labute approximate surface area is 102 Å². The third kappa shape index (κ3) is 4.04. The molecule has 1 aromatic rings. The molecule has 1 unspecified atom stereocenters. The lowest BCUT2D eigenvalue weighted by atomic mass is 10.1. The predicted octanol–water partition coefficient (Wildman–Crippen LogP) is 2.86. The van der Waals surface area contributed by atoms with Crippen molar-refractivity contribution in [2.24, 2.45) is 0 Å². The summed E-state index contributed by atoms with van der Waals surface area (Å²) in [6.45, 7) is 8.96. The van der Waals surface area contributed by atoms with Gasteiger partial charge in [0.15, 0.2) is 0 Å². The number of benzene rings is 1. The highest BCUT2D eigenvalue weighted by molar-refractivity contribution is 5.89. The largest absolute Gasteiger partial charge is 0.456 e. The van der Waals surface area contributed by atoms with Crippen LogP contribution in [0.2, 0.25) is 0 Å². The Morgan fingerprint density at radius 1 is 1.35 bits per heavy atom. The van der Waals surface area contributed by atoms with Gasteiger partial charge < -0.3 is 9.84 Å². The number of aliphatic hydroxyl groups is 1. The lowest BCUT2D eigenvalue weighted by Gasteiger charge is -2.19. The molecule has 17 heavy (non-hydrogen) atoms. The number of hydrogen-bond acceptors (Lipinski definition) is 3. The molecule has 1 aromatic carbocycles. The van der Waals surface area contributed by atoms with Gasteiger partial charge in [-0.15, -0.1) is 6.58 Å². The molecule has 0 fully saturated rings. The number of ether oxygens (including phenoxy) is 1.